The number of aryl methyl sites for hydroxylation is 2. The van der Waals surface area contributed by atoms with Gasteiger partial charge >= 0.3 is 0 Å². The number of hydrogen-bond donors (Lipinski definition) is 1. The van der Waals surface area contributed by atoms with Crippen molar-refractivity contribution in [3.05, 3.63) is 59.2 Å². The number of sulfonamides is 1. The van der Waals surface area contributed by atoms with Gasteiger partial charge in [0.25, 0.3) is 0 Å². The molecule has 2 aromatic carbocycles. The van der Waals surface area contributed by atoms with Gasteiger partial charge in [0.15, 0.2) is 0 Å². The van der Waals surface area contributed by atoms with Crippen molar-refractivity contribution in [2.24, 2.45) is 0 Å². The monoisotopic (exact) mass is 331 g/mol. The lowest BCUT2D eigenvalue weighted by Crippen LogP contribution is -2.31. The first-order chi connectivity index (χ1) is 11.0. The molecule has 2 aromatic rings. The second kappa shape index (κ2) is 6.34. The normalized spacial score (nSPS) is 17.6. The van der Waals surface area contributed by atoms with Crippen LogP contribution in [0.15, 0.2) is 47.4 Å². The van der Waals surface area contributed by atoms with Crippen molar-refractivity contribution in [3.8, 4) is 5.75 Å². The molecule has 3 rings (SSSR count). The van der Waals surface area contributed by atoms with Gasteiger partial charge < -0.3 is 4.74 Å². The quantitative estimate of drug-likeness (QED) is 0.934. The van der Waals surface area contributed by atoms with E-state index < -0.39 is 10.0 Å². The number of hydrogen-bond acceptors (Lipinski definition) is 3. The summed E-state index contributed by atoms with van der Waals surface area (Å²) in [6.45, 7) is 1.84. The van der Waals surface area contributed by atoms with Crippen molar-refractivity contribution < 1.29 is 13.2 Å². The molecule has 0 saturated heterocycles. The van der Waals surface area contributed by atoms with Crippen LogP contribution in [0.3, 0.4) is 0 Å². The highest BCUT2D eigenvalue weighted by Gasteiger charge is 2.25. The van der Waals surface area contributed by atoms with Crippen molar-refractivity contribution in [1.29, 1.82) is 0 Å². The number of ether oxygens (including phenoxy) is 1. The average molecular weight is 331 g/mol. The van der Waals surface area contributed by atoms with Crippen molar-refractivity contribution in [3.63, 3.8) is 0 Å². The molecule has 0 aromatic heterocycles. The number of nitrogens with one attached hydrogen (secondary N) is 1. The van der Waals surface area contributed by atoms with E-state index in [0.717, 1.165) is 30.4 Å². The van der Waals surface area contributed by atoms with Crippen LogP contribution >= 0.6 is 0 Å². The fourth-order valence-electron chi connectivity index (χ4n) is 3.15. The summed E-state index contributed by atoms with van der Waals surface area (Å²) < 4.78 is 33.5. The topological polar surface area (TPSA) is 55.4 Å². The largest absolute Gasteiger partial charge is 0.496 e. The first-order valence-electron chi connectivity index (χ1n) is 7.76. The standard InChI is InChI=1S/C18H21NO3S/c1-13-12-15(10-11-18(13)22-2)23(20,21)19-17-9-5-7-14-6-3-4-8-16(14)17/h3-4,6,8,10-12,17,19H,5,7,9H2,1-2H3. The molecule has 0 spiro atoms. The molecule has 1 atom stereocenters. The summed E-state index contributed by atoms with van der Waals surface area (Å²) >= 11 is 0. The fourth-order valence-corrected chi connectivity index (χ4v) is 4.48. The Morgan fingerprint density at radius 3 is 2.70 bits per heavy atom. The van der Waals surface area contributed by atoms with Crippen LogP contribution in [0.1, 0.15) is 35.6 Å². The predicted octanol–water partition coefficient (Wildman–Crippen LogP) is 3.36. The van der Waals surface area contributed by atoms with E-state index in [2.05, 4.69) is 10.8 Å². The maximum atomic E-state index is 12.7. The van der Waals surface area contributed by atoms with E-state index in [1.165, 1.54) is 5.56 Å². The van der Waals surface area contributed by atoms with E-state index in [-0.39, 0.29) is 10.9 Å². The smallest absolute Gasteiger partial charge is 0.241 e. The molecule has 0 aliphatic heterocycles. The summed E-state index contributed by atoms with van der Waals surface area (Å²) in [7, 11) is -1.98. The first-order valence-corrected chi connectivity index (χ1v) is 9.24. The van der Waals surface area contributed by atoms with Gasteiger partial charge in [0.2, 0.25) is 10.0 Å². The highest BCUT2D eigenvalue weighted by molar-refractivity contribution is 7.89. The van der Waals surface area contributed by atoms with Gasteiger partial charge in [0.05, 0.1) is 12.0 Å². The molecular weight excluding hydrogens is 310 g/mol. The molecule has 1 N–H and O–H groups in total. The number of methoxy groups -OCH3 is 1. The van der Waals surface area contributed by atoms with Crippen LogP contribution in [0.25, 0.3) is 0 Å². The van der Waals surface area contributed by atoms with Gasteiger partial charge in [-0.25, -0.2) is 13.1 Å². The van der Waals surface area contributed by atoms with E-state index in [4.69, 9.17) is 4.74 Å². The molecular formula is C18H21NO3S. The minimum Gasteiger partial charge on any atom is -0.496 e. The molecule has 23 heavy (non-hydrogen) atoms. The van der Waals surface area contributed by atoms with Gasteiger partial charge in [-0.15, -0.1) is 0 Å². The molecule has 0 radical (unpaired) electrons. The maximum Gasteiger partial charge on any atom is 0.241 e. The zero-order valence-corrected chi connectivity index (χ0v) is 14.2. The Hall–Kier alpha value is -1.85. The fraction of sp³-hybridized carbons (Fsp3) is 0.333. The summed E-state index contributed by atoms with van der Waals surface area (Å²) in [5.41, 5.74) is 3.13. The van der Waals surface area contributed by atoms with Gasteiger partial charge in [-0.2, -0.15) is 0 Å². The van der Waals surface area contributed by atoms with Crippen LogP contribution in [0, 0.1) is 6.92 Å². The SMILES string of the molecule is COc1ccc(S(=O)(=O)NC2CCCc3ccccc32)cc1C. The lowest BCUT2D eigenvalue weighted by molar-refractivity contribution is 0.411. The summed E-state index contributed by atoms with van der Waals surface area (Å²) in [5.74, 6) is 0.687. The van der Waals surface area contributed by atoms with Gasteiger partial charge in [0.1, 0.15) is 5.75 Å². The van der Waals surface area contributed by atoms with Crippen LogP contribution in [0.4, 0.5) is 0 Å². The molecule has 122 valence electrons. The van der Waals surface area contributed by atoms with Gasteiger partial charge in [-0.05, 0) is 61.1 Å². The molecule has 0 fully saturated rings. The Balaban J connectivity index is 1.89. The van der Waals surface area contributed by atoms with E-state index in [9.17, 15) is 8.42 Å². The van der Waals surface area contributed by atoms with Crippen LogP contribution in [-0.4, -0.2) is 15.5 Å². The van der Waals surface area contributed by atoms with Crippen molar-refractivity contribution in [2.45, 2.75) is 37.1 Å². The molecule has 5 heteroatoms. The summed E-state index contributed by atoms with van der Waals surface area (Å²) in [4.78, 5) is 0.277. The third-order valence-electron chi connectivity index (χ3n) is 4.34. The maximum absolute atomic E-state index is 12.7. The molecule has 1 aliphatic rings. The molecule has 0 heterocycles. The van der Waals surface area contributed by atoms with Gasteiger partial charge in [0, 0.05) is 6.04 Å². The Bertz CT molecular complexity index is 815. The molecule has 0 amide bonds. The van der Waals surface area contributed by atoms with Crippen molar-refractivity contribution in [2.75, 3.05) is 7.11 Å². The van der Waals surface area contributed by atoms with E-state index in [1.807, 2.05) is 25.1 Å². The van der Waals surface area contributed by atoms with Crippen LogP contribution in [0.5, 0.6) is 5.75 Å². The Morgan fingerprint density at radius 2 is 1.96 bits per heavy atom. The Labute approximate surface area is 137 Å². The zero-order chi connectivity index (χ0) is 16.4. The third-order valence-corrected chi connectivity index (χ3v) is 5.81. The van der Waals surface area contributed by atoms with E-state index >= 15 is 0 Å². The van der Waals surface area contributed by atoms with Gasteiger partial charge in [-0.3, -0.25) is 0 Å². The summed E-state index contributed by atoms with van der Waals surface area (Å²) in [6.07, 6.45) is 2.83. The molecule has 1 unspecified atom stereocenters. The van der Waals surface area contributed by atoms with Crippen molar-refractivity contribution in [1.82, 2.24) is 4.72 Å². The first kappa shape index (κ1) is 16.0. The molecule has 0 bridgehead atoms. The Kier molecular flexibility index (Phi) is 4.41. The third kappa shape index (κ3) is 3.26. The highest BCUT2D eigenvalue weighted by atomic mass is 32.2. The van der Waals surface area contributed by atoms with Crippen LogP contribution in [-0.2, 0) is 16.4 Å². The average Bonchev–Trinajstić information content (AvgIpc) is 2.55. The minimum absolute atomic E-state index is 0.160. The zero-order valence-electron chi connectivity index (χ0n) is 13.4. The molecule has 1 aliphatic carbocycles. The minimum atomic E-state index is -3.56. The second-order valence-corrected chi connectivity index (χ2v) is 7.61. The number of fused-ring (bicyclic) bond motifs is 1. The lowest BCUT2D eigenvalue weighted by atomic mass is 9.88. The van der Waals surface area contributed by atoms with Crippen LogP contribution < -0.4 is 9.46 Å². The van der Waals surface area contributed by atoms with Crippen molar-refractivity contribution >= 4 is 10.0 Å². The van der Waals surface area contributed by atoms with E-state index in [1.54, 1.807) is 25.3 Å². The Morgan fingerprint density at radius 1 is 1.17 bits per heavy atom. The summed E-state index contributed by atoms with van der Waals surface area (Å²) in [5, 5.41) is 0. The predicted molar refractivity (Wildman–Crippen MR) is 90.2 cm³/mol. The van der Waals surface area contributed by atoms with Gasteiger partial charge in [-0.1, -0.05) is 24.3 Å². The lowest BCUT2D eigenvalue weighted by Gasteiger charge is -2.26. The number of rotatable bonds is 4. The number of benzene rings is 2. The van der Waals surface area contributed by atoms with Crippen LogP contribution in [0.2, 0.25) is 0 Å². The van der Waals surface area contributed by atoms with E-state index in [0.29, 0.717) is 5.75 Å². The highest BCUT2D eigenvalue weighted by Crippen LogP contribution is 2.31. The molecule has 0 saturated carbocycles. The molecule has 4 nitrogen and oxygen atoms in total. The second-order valence-electron chi connectivity index (χ2n) is 5.90. The summed E-state index contributed by atoms with van der Waals surface area (Å²) in [6, 6.07) is 12.8.